The Bertz CT molecular complexity index is 832. The van der Waals surface area contributed by atoms with Gasteiger partial charge in [0.1, 0.15) is 10.7 Å². The zero-order chi connectivity index (χ0) is 15.0. The summed E-state index contributed by atoms with van der Waals surface area (Å²) in [7, 11) is 1.64. The summed E-state index contributed by atoms with van der Waals surface area (Å²) in [6.07, 6.45) is 0. The van der Waals surface area contributed by atoms with Crippen LogP contribution in [0.2, 0.25) is 0 Å². The minimum Gasteiger partial charge on any atom is -0.383 e. The molecule has 0 radical (unpaired) electrons. The van der Waals surface area contributed by atoms with E-state index in [0.29, 0.717) is 13.2 Å². The molecular formula is C15H16N2O2S2. The van der Waals surface area contributed by atoms with Crippen LogP contribution in [0.25, 0.3) is 20.7 Å². The van der Waals surface area contributed by atoms with Crippen molar-refractivity contribution in [3.8, 4) is 10.4 Å². The van der Waals surface area contributed by atoms with Crippen molar-refractivity contribution in [1.29, 1.82) is 0 Å². The lowest BCUT2D eigenvalue weighted by molar-refractivity contribution is 0.185. The Morgan fingerprint density at radius 3 is 2.86 bits per heavy atom. The van der Waals surface area contributed by atoms with E-state index in [-0.39, 0.29) is 5.56 Å². The molecule has 0 unspecified atom stereocenters. The molecule has 0 bridgehead atoms. The normalized spacial score (nSPS) is 11.4. The lowest BCUT2D eigenvalue weighted by Gasteiger charge is -2.09. The van der Waals surface area contributed by atoms with Crippen molar-refractivity contribution in [2.75, 3.05) is 13.7 Å². The number of hydrogen-bond acceptors (Lipinski definition) is 5. The summed E-state index contributed by atoms with van der Waals surface area (Å²) in [5.41, 5.74) is 1.07. The third-order valence-electron chi connectivity index (χ3n) is 3.47. The summed E-state index contributed by atoms with van der Waals surface area (Å²) in [6.45, 7) is 4.96. The lowest BCUT2D eigenvalue weighted by atomic mass is 10.1. The summed E-state index contributed by atoms with van der Waals surface area (Å²) in [5, 5.41) is 2.77. The number of rotatable bonds is 4. The Hall–Kier alpha value is -1.50. The van der Waals surface area contributed by atoms with Crippen molar-refractivity contribution in [2.24, 2.45) is 0 Å². The molecule has 3 rings (SSSR count). The summed E-state index contributed by atoms with van der Waals surface area (Å²) >= 11 is 3.24. The van der Waals surface area contributed by atoms with Gasteiger partial charge in [-0.25, -0.2) is 4.98 Å². The largest absolute Gasteiger partial charge is 0.383 e. The van der Waals surface area contributed by atoms with Crippen LogP contribution < -0.4 is 5.56 Å². The molecule has 3 aromatic heterocycles. The van der Waals surface area contributed by atoms with Crippen LogP contribution in [0, 0.1) is 13.8 Å². The van der Waals surface area contributed by atoms with Crippen LogP contribution in [-0.4, -0.2) is 23.3 Å². The van der Waals surface area contributed by atoms with Crippen LogP contribution in [0.5, 0.6) is 0 Å². The maximum atomic E-state index is 12.9. The molecule has 21 heavy (non-hydrogen) atoms. The van der Waals surface area contributed by atoms with Crippen molar-refractivity contribution in [1.82, 2.24) is 9.55 Å². The highest BCUT2D eigenvalue weighted by Crippen LogP contribution is 2.37. The highest BCUT2D eigenvalue weighted by molar-refractivity contribution is 7.20. The van der Waals surface area contributed by atoms with Gasteiger partial charge < -0.3 is 4.74 Å². The first-order valence-electron chi connectivity index (χ1n) is 6.67. The van der Waals surface area contributed by atoms with Gasteiger partial charge in [-0.15, -0.1) is 22.7 Å². The van der Waals surface area contributed by atoms with Gasteiger partial charge in [0.2, 0.25) is 0 Å². The molecule has 0 saturated carbocycles. The molecular weight excluding hydrogens is 304 g/mol. The Morgan fingerprint density at radius 2 is 2.19 bits per heavy atom. The van der Waals surface area contributed by atoms with Gasteiger partial charge in [0, 0.05) is 22.4 Å². The van der Waals surface area contributed by atoms with E-state index in [4.69, 9.17) is 4.74 Å². The molecule has 0 N–H and O–H groups in total. The van der Waals surface area contributed by atoms with E-state index in [1.807, 2.05) is 18.4 Å². The molecule has 0 saturated heterocycles. The first-order valence-corrected chi connectivity index (χ1v) is 8.36. The predicted molar refractivity (Wildman–Crippen MR) is 88.5 cm³/mol. The van der Waals surface area contributed by atoms with Gasteiger partial charge in [-0.1, -0.05) is 6.07 Å². The van der Waals surface area contributed by atoms with E-state index >= 15 is 0 Å². The molecule has 0 spiro atoms. The smallest absolute Gasteiger partial charge is 0.263 e. The third-order valence-corrected chi connectivity index (χ3v) is 5.35. The minimum atomic E-state index is 0.0299. The standard InChI is InChI=1S/C15H16N2O2S2/c1-9-12(11-5-4-8-20-11)13-14(21-9)16-10(2)17(15(13)18)6-7-19-3/h4-5,8H,6-7H2,1-3H3. The van der Waals surface area contributed by atoms with E-state index in [9.17, 15) is 4.79 Å². The summed E-state index contributed by atoms with van der Waals surface area (Å²) in [5.74, 6) is 0.739. The number of methoxy groups -OCH3 is 1. The molecule has 3 aromatic rings. The second-order valence-electron chi connectivity index (χ2n) is 4.80. The first-order chi connectivity index (χ1) is 10.1. The molecule has 0 aliphatic rings. The molecule has 0 aromatic carbocycles. The number of aromatic nitrogens is 2. The van der Waals surface area contributed by atoms with E-state index in [1.54, 1.807) is 34.4 Å². The monoisotopic (exact) mass is 320 g/mol. The number of hydrogen-bond donors (Lipinski definition) is 0. The fourth-order valence-electron chi connectivity index (χ4n) is 2.46. The molecule has 110 valence electrons. The molecule has 0 aliphatic heterocycles. The van der Waals surface area contributed by atoms with Crippen LogP contribution in [0.4, 0.5) is 0 Å². The number of ether oxygens (including phenoxy) is 1. The average Bonchev–Trinajstić information content (AvgIpc) is 3.05. The summed E-state index contributed by atoms with van der Waals surface area (Å²) in [4.78, 5) is 20.6. The maximum absolute atomic E-state index is 12.9. The molecule has 0 aliphatic carbocycles. The van der Waals surface area contributed by atoms with Crippen LogP contribution >= 0.6 is 22.7 Å². The number of nitrogens with zero attached hydrogens (tertiary/aromatic N) is 2. The Balaban J connectivity index is 2.30. The average molecular weight is 320 g/mol. The molecule has 4 nitrogen and oxygen atoms in total. The highest BCUT2D eigenvalue weighted by atomic mass is 32.1. The molecule has 6 heteroatoms. The van der Waals surface area contributed by atoms with Gasteiger partial charge in [0.05, 0.1) is 18.5 Å². The van der Waals surface area contributed by atoms with Crippen molar-refractivity contribution in [3.05, 3.63) is 38.6 Å². The van der Waals surface area contributed by atoms with Gasteiger partial charge in [-0.2, -0.15) is 0 Å². The number of fused-ring (bicyclic) bond motifs is 1. The first kappa shape index (κ1) is 14.4. The van der Waals surface area contributed by atoms with Crippen LogP contribution in [-0.2, 0) is 11.3 Å². The van der Waals surface area contributed by atoms with Gasteiger partial charge in [0.25, 0.3) is 5.56 Å². The predicted octanol–water partition coefficient (Wildman–Crippen LogP) is 3.45. The Morgan fingerprint density at radius 1 is 1.38 bits per heavy atom. The number of thiophene rings is 2. The SMILES string of the molecule is COCCn1c(C)nc2sc(C)c(-c3cccs3)c2c1=O. The van der Waals surface area contributed by atoms with Crippen molar-refractivity contribution < 1.29 is 4.74 Å². The second kappa shape index (κ2) is 5.71. The van der Waals surface area contributed by atoms with Crippen molar-refractivity contribution in [3.63, 3.8) is 0 Å². The van der Waals surface area contributed by atoms with E-state index in [2.05, 4.69) is 18.0 Å². The molecule has 0 amide bonds. The highest BCUT2D eigenvalue weighted by Gasteiger charge is 2.18. The van der Waals surface area contributed by atoms with Gasteiger partial charge in [-0.3, -0.25) is 9.36 Å². The third kappa shape index (κ3) is 2.43. The van der Waals surface area contributed by atoms with E-state index < -0.39 is 0 Å². The zero-order valence-corrected chi connectivity index (χ0v) is 13.8. The summed E-state index contributed by atoms with van der Waals surface area (Å²) < 4.78 is 6.80. The van der Waals surface area contributed by atoms with Crippen LogP contribution in [0.3, 0.4) is 0 Å². The second-order valence-corrected chi connectivity index (χ2v) is 6.95. The fraction of sp³-hybridized carbons (Fsp3) is 0.333. The van der Waals surface area contributed by atoms with Crippen molar-refractivity contribution >= 4 is 32.9 Å². The topological polar surface area (TPSA) is 44.1 Å². The number of aryl methyl sites for hydroxylation is 2. The molecule has 0 atom stereocenters. The van der Waals surface area contributed by atoms with E-state index in [0.717, 1.165) is 31.4 Å². The van der Waals surface area contributed by atoms with Crippen LogP contribution in [0.1, 0.15) is 10.7 Å². The van der Waals surface area contributed by atoms with Gasteiger partial charge in [-0.05, 0) is 25.3 Å². The molecule has 3 heterocycles. The summed E-state index contributed by atoms with van der Waals surface area (Å²) in [6, 6.07) is 4.06. The zero-order valence-electron chi connectivity index (χ0n) is 12.2. The molecule has 0 fully saturated rings. The van der Waals surface area contributed by atoms with E-state index in [1.165, 1.54) is 0 Å². The Labute approximate surface area is 130 Å². The van der Waals surface area contributed by atoms with Crippen LogP contribution in [0.15, 0.2) is 22.3 Å². The van der Waals surface area contributed by atoms with Gasteiger partial charge >= 0.3 is 0 Å². The minimum absolute atomic E-state index is 0.0299. The van der Waals surface area contributed by atoms with Crippen molar-refractivity contribution in [2.45, 2.75) is 20.4 Å². The maximum Gasteiger partial charge on any atom is 0.263 e. The van der Waals surface area contributed by atoms with Gasteiger partial charge in [0.15, 0.2) is 0 Å². The Kier molecular flexibility index (Phi) is 3.93. The lowest BCUT2D eigenvalue weighted by Crippen LogP contribution is -2.25. The quantitative estimate of drug-likeness (QED) is 0.739. The fourth-order valence-corrected chi connectivity index (χ4v) is 4.43.